The molecule has 0 amide bonds. The summed E-state index contributed by atoms with van der Waals surface area (Å²) in [5.41, 5.74) is 4.04. The van der Waals surface area contributed by atoms with Gasteiger partial charge in [-0.3, -0.25) is 9.13 Å². The van der Waals surface area contributed by atoms with E-state index in [2.05, 4.69) is 14.9 Å². The van der Waals surface area contributed by atoms with Crippen molar-refractivity contribution >= 4 is 22.1 Å². The first-order chi connectivity index (χ1) is 15.0. The van der Waals surface area contributed by atoms with E-state index in [4.69, 9.17) is 0 Å². The van der Waals surface area contributed by atoms with Gasteiger partial charge in [0.05, 0.1) is 22.1 Å². The number of halogens is 1. The van der Waals surface area contributed by atoms with E-state index in [1.165, 1.54) is 12.1 Å². The molecule has 5 rings (SSSR count). The Morgan fingerprint density at radius 2 is 1.65 bits per heavy atom. The predicted molar refractivity (Wildman–Crippen MR) is 119 cm³/mol. The number of nitrogens with one attached hydrogen (secondary N) is 2. The van der Waals surface area contributed by atoms with Gasteiger partial charge in [0.15, 0.2) is 0 Å². The lowest BCUT2D eigenvalue weighted by Crippen LogP contribution is -2.37. The lowest BCUT2D eigenvalue weighted by atomic mass is 10.0. The van der Waals surface area contributed by atoms with Gasteiger partial charge in [0.2, 0.25) is 0 Å². The summed E-state index contributed by atoms with van der Waals surface area (Å²) in [5, 5.41) is 0. The molecular weight excluding hydrogens is 397 g/mol. The molecule has 8 heteroatoms. The van der Waals surface area contributed by atoms with Crippen LogP contribution in [0.1, 0.15) is 30.9 Å². The molecule has 0 saturated carbocycles. The number of fused-ring (bicyclic) bond motifs is 2. The molecular formula is C23H26FN5O2. The number of hydrogen-bond donors (Lipinski definition) is 2. The molecule has 0 spiro atoms. The first-order valence-electron chi connectivity index (χ1n) is 10.8. The number of benzene rings is 2. The number of aromatic nitrogens is 4. The third-order valence-electron chi connectivity index (χ3n) is 6.39. The van der Waals surface area contributed by atoms with Gasteiger partial charge in [-0.1, -0.05) is 6.07 Å². The molecule has 162 valence electrons. The average Bonchev–Trinajstić information content (AvgIpc) is 3.23. The predicted octanol–water partition coefficient (Wildman–Crippen LogP) is 3.15. The number of H-pyrrole nitrogens is 2. The number of imidazole rings is 2. The van der Waals surface area contributed by atoms with Crippen LogP contribution in [-0.2, 0) is 6.54 Å². The standard InChI is InChI=1S/C23H26FN5O2/c1-15-3-5-20-18(13-15)25-22(30)28(20)10-2-9-27-11-7-17(8-12-27)29-21-6-4-16(24)14-19(21)26-23(29)31/h3-6,13-14,17H,2,7-12H2,1H3,(H,25,30)(H,26,31). The minimum absolute atomic E-state index is 0.0607. The number of nitrogens with zero attached hydrogens (tertiary/aromatic N) is 3. The molecule has 2 aromatic heterocycles. The van der Waals surface area contributed by atoms with E-state index in [9.17, 15) is 14.0 Å². The molecule has 0 radical (unpaired) electrons. The zero-order chi connectivity index (χ0) is 21.5. The van der Waals surface area contributed by atoms with Gasteiger partial charge < -0.3 is 14.9 Å². The molecule has 1 saturated heterocycles. The average molecular weight is 423 g/mol. The molecule has 7 nitrogen and oxygen atoms in total. The first kappa shape index (κ1) is 19.8. The highest BCUT2D eigenvalue weighted by Crippen LogP contribution is 2.25. The van der Waals surface area contributed by atoms with E-state index in [0.717, 1.165) is 61.0 Å². The van der Waals surface area contributed by atoms with Gasteiger partial charge >= 0.3 is 11.4 Å². The fourth-order valence-electron chi connectivity index (χ4n) is 4.82. The number of hydrogen-bond acceptors (Lipinski definition) is 3. The Bertz CT molecular complexity index is 1350. The van der Waals surface area contributed by atoms with Crippen LogP contribution >= 0.6 is 0 Å². The molecule has 4 aromatic rings. The Morgan fingerprint density at radius 1 is 0.935 bits per heavy atom. The second-order valence-electron chi connectivity index (χ2n) is 8.49. The maximum atomic E-state index is 13.5. The van der Waals surface area contributed by atoms with Gasteiger partial charge in [0, 0.05) is 25.7 Å². The molecule has 0 aliphatic carbocycles. The van der Waals surface area contributed by atoms with Crippen molar-refractivity contribution < 1.29 is 4.39 Å². The third-order valence-corrected chi connectivity index (χ3v) is 6.39. The van der Waals surface area contributed by atoms with Crippen molar-refractivity contribution in [3.8, 4) is 0 Å². The fraction of sp³-hybridized carbons (Fsp3) is 0.391. The normalized spacial score (nSPS) is 15.9. The summed E-state index contributed by atoms with van der Waals surface area (Å²) in [6.45, 7) is 5.39. The van der Waals surface area contributed by atoms with Gasteiger partial charge in [0.1, 0.15) is 5.82 Å². The van der Waals surface area contributed by atoms with Crippen LogP contribution in [0.2, 0.25) is 0 Å². The van der Waals surface area contributed by atoms with Crippen LogP contribution in [0.15, 0.2) is 46.0 Å². The van der Waals surface area contributed by atoms with Crippen molar-refractivity contribution in [1.82, 2.24) is 24.0 Å². The van der Waals surface area contributed by atoms with Gasteiger partial charge in [-0.05, 0) is 68.6 Å². The highest BCUT2D eigenvalue weighted by atomic mass is 19.1. The van der Waals surface area contributed by atoms with Gasteiger partial charge in [-0.25, -0.2) is 14.0 Å². The smallest absolute Gasteiger partial charge is 0.306 e. The lowest BCUT2D eigenvalue weighted by molar-refractivity contribution is 0.183. The highest BCUT2D eigenvalue weighted by molar-refractivity contribution is 5.76. The van der Waals surface area contributed by atoms with Crippen LogP contribution in [0.3, 0.4) is 0 Å². The quantitative estimate of drug-likeness (QED) is 0.518. The highest BCUT2D eigenvalue weighted by Gasteiger charge is 2.23. The molecule has 0 unspecified atom stereocenters. The van der Waals surface area contributed by atoms with Crippen molar-refractivity contribution in [3.05, 3.63) is 68.7 Å². The Labute approximate surface area is 178 Å². The third kappa shape index (κ3) is 3.72. The van der Waals surface area contributed by atoms with Crippen molar-refractivity contribution in [2.24, 2.45) is 0 Å². The fourth-order valence-corrected chi connectivity index (χ4v) is 4.82. The van der Waals surface area contributed by atoms with Crippen molar-refractivity contribution in [3.63, 3.8) is 0 Å². The van der Waals surface area contributed by atoms with Crippen LogP contribution in [0.4, 0.5) is 4.39 Å². The van der Waals surface area contributed by atoms with E-state index in [1.54, 1.807) is 10.6 Å². The van der Waals surface area contributed by atoms with Crippen molar-refractivity contribution in [2.45, 2.75) is 38.8 Å². The topological polar surface area (TPSA) is 78.8 Å². The number of rotatable bonds is 5. The summed E-state index contributed by atoms with van der Waals surface area (Å²) in [6, 6.07) is 10.6. The zero-order valence-corrected chi connectivity index (χ0v) is 17.5. The summed E-state index contributed by atoms with van der Waals surface area (Å²) in [6.07, 6.45) is 2.63. The van der Waals surface area contributed by atoms with Gasteiger partial charge in [0.25, 0.3) is 0 Å². The number of likely N-dealkylation sites (tertiary alicyclic amines) is 1. The van der Waals surface area contributed by atoms with Gasteiger partial charge in [-0.15, -0.1) is 0 Å². The maximum Gasteiger partial charge on any atom is 0.326 e. The summed E-state index contributed by atoms with van der Waals surface area (Å²) in [7, 11) is 0. The van der Waals surface area contributed by atoms with Crippen LogP contribution in [0.25, 0.3) is 22.1 Å². The van der Waals surface area contributed by atoms with E-state index < -0.39 is 0 Å². The van der Waals surface area contributed by atoms with E-state index >= 15 is 0 Å². The van der Waals surface area contributed by atoms with Crippen molar-refractivity contribution in [1.29, 1.82) is 0 Å². The molecule has 2 aromatic carbocycles. The van der Waals surface area contributed by atoms with E-state index in [-0.39, 0.29) is 23.2 Å². The number of piperidine rings is 1. The lowest BCUT2D eigenvalue weighted by Gasteiger charge is -2.32. The molecule has 1 aliphatic heterocycles. The molecule has 0 atom stereocenters. The minimum Gasteiger partial charge on any atom is -0.306 e. The Balaban J connectivity index is 1.21. The molecule has 0 bridgehead atoms. The summed E-state index contributed by atoms with van der Waals surface area (Å²) in [4.78, 5) is 32.8. The molecule has 1 fully saturated rings. The molecule has 31 heavy (non-hydrogen) atoms. The second-order valence-corrected chi connectivity index (χ2v) is 8.49. The SMILES string of the molecule is Cc1ccc2c(c1)[nH]c(=O)n2CCCN1CCC(n2c(=O)[nH]c3cc(F)ccc32)CC1. The van der Waals surface area contributed by atoms with Crippen molar-refractivity contribution in [2.75, 3.05) is 19.6 Å². The van der Waals surface area contributed by atoms with Crippen LogP contribution in [0.5, 0.6) is 0 Å². The number of aromatic amines is 2. The zero-order valence-electron chi connectivity index (χ0n) is 17.5. The molecule has 3 heterocycles. The molecule has 1 aliphatic rings. The second kappa shape index (κ2) is 7.85. The Morgan fingerprint density at radius 3 is 2.45 bits per heavy atom. The summed E-state index contributed by atoms with van der Waals surface area (Å²) in [5.74, 6) is -0.347. The van der Waals surface area contributed by atoms with E-state index in [1.807, 2.05) is 29.7 Å². The summed E-state index contributed by atoms with van der Waals surface area (Å²) < 4.78 is 17.0. The first-order valence-corrected chi connectivity index (χ1v) is 10.8. The van der Waals surface area contributed by atoms with Crippen LogP contribution < -0.4 is 11.4 Å². The maximum absolute atomic E-state index is 13.5. The van der Waals surface area contributed by atoms with Gasteiger partial charge in [-0.2, -0.15) is 0 Å². The van der Waals surface area contributed by atoms with Crippen LogP contribution in [-0.4, -0.2) is 43.6 Å². The summed E-state index contributed by atoms with van der Waals surface area (Å²) >= 11 is 0. The Kier molecular flexibility index (Phi) is 5.02. The minimum atomic E-state index is -0.347. The van der Waals surface area contributed by atoms with Crippen LogP contribution in [0, 0.1) is 12.7 Å². The molecule has 2 N–H and O–H groups in total. The largest absolute Gasteiger partial charge is 0.326 e. The Hall–Kier alpha value is -3.13. The van der Waals surface area contributed by atoms with E-state index in [0.29, 0.717) is 12.1 Å². The monoisotopic (exact) mass is 423 g/mol. The number of aryl methyl sites for hydroxylation is 2.